The molecule has 0 N–H and O–H groups in total. The number of terminal acetylenes is 1. The van der Waals surface area contributed by atoms with E-state index in [1.807, 2.05) is 0 Å². The topological polar surface area (TPSA) is 0 Å². The predicted octanol–water partition coefficient (Wildman–Crippen LogP) is 7.72. The van der Waals surface area contributed by atoms with E-state index in [0.717, 1.165) is 4.48 Å². The fraction of sp³-hybridized carbons (Fsp3) is 0.913. The number of rotatable bonds is 18. The lowest BCUT2D eigenvalue weighted by Gasteiger charge is -2.41. The molecule has 148 valence electrons. The third-order valence-electron chi connectivity index (χ3n) is 5.49. The molecule has 0 radical (unpaired) electrons. The van der Waals surface area contributed by atoms with Gasteiger partial charge in [0, 0.05) is 22.6 Å². The maximum absolute atomic E-state index is 5.85. The van der Waals surface area contributed by atoms with E-state index in [9.17, 15) is 0 Å². The van der Waals surface area contributed by atoms with Gasteiger partial charge >= 0.3 is 0 Å². The Labute approximate surface area is 173 Å². The van der Waals surface area contributed by atoms with E-state index in [0.29, 0.717) is 4.05 Å². The van der Waals surface area contributed by atoms with Gasteiger partial charge in [0.05, 0.1) is 19.6 Å². The Morgan fingerprint density at radius 3 is 1.40 bits per heavy atom. The summed E-state index contributed by atoms with van der Waals surface area (Å²) in [5.74, 6) is 3.07. The van der Waals surface area contributed by atoms with Crippen LogP contribution in [-0.2, 0) is 0 Å². The van der Waals surface area contributed by atoms with Gasteiger partial charge in [0.15, 0.2) is 0 Å². The van der Waals surface area contributed by atoms with Crippen LogP contribution >= 0.6 is 22.6 Å². The SMILES string of the molecule is C#CC(I)[N+](CCCC)(CCCC)CCCCCCCCCCCC. The summed E-state index contributed by atoms with van der Waals surface area (Å²) >= 11 is 2.53. The minimum atomic E-state index is 0.342. The highest BCUT2D eigenvalue weighted by molar-refractivity contribution is 14.1. The maximum atomic E-state index is 5.85. The second-order valence-electron chi connectivity index (χ2n) is 7.78. The summed E-state index contributed by atoms with van der Waals surface area (Å²) in [7, 11) is 0. The smallest absolute Gasteiger partial charge is 0.200 e. The van der Waals surface area contributed by atoms with Gasteiger partial charge in [-0.05, 0) is 31.6 Å². The molecule has 0 rings (SSSR count). The first-order valence-corrected chi connectivity index (χ1v) is 12.4. The van der Waals surface area contributed by atoms with E-state index in [-0.39, 0.29) is 0 Å². The fourth-order valence-electron chi connectivity index (χ4n) is 3.69. The minimum Gasteiger partial charge on any atom is -0.303 e. The molecular weight excluding hydrogens is 417 g/mol. The highest BCUT2D eigenvalue weighted by Gasteiger charge is 2.32. The molecule has 0 aliphatic rings. The monoisotopic (exact) mass is 462 g/mol. The second-order valence-corrected chi connectivity index (χ2v) is 8.96. The van der Waals surface area contributed by atoms with Crippen LogP contribution in [0.1, 0.15) is 111 Å². The molecule has 0 amide bonds. The number of alkyl halides is 1. The molecule has 1 atom stereocenters. The van der Waals surface area contributed by atoms with Crippen molar-refractivity contribution in [2.45, 2.75) is 115 Å². The van der Waals surface area contributed by atoms with Crippen LogP contribution in [0.4, 0.5) is 0 Å². The van der Waals surface area contributed by atoms with Crippen molar-refractivity contribution in [2.24, 2.45) is 0 Å². The summed E-state index contributed by atoms with van der Waals surface area (Å²) < 4.78 is 1.50. The van der Waals surface area contributed by atoms with Gasteiger partial charge in [-0.25, -0.2) is 0 Å². The van der Waals surface area contributed by atoms with E-state index in [2.05, 4.69) is 49.3 Å². The summed E-state index contributed by atoms with van der Waals surface area (Å²) in [5, 5.41) is 0. The Bertz CT molecular complexity index is 313. The number of quaternary nitrogens is 1. The standard InChI is InChI=1S/C23H45IN/c1-5-9-12-13-14-15-16-17-18-19-22-25(20-10-6-2,21-11-7-3)23(24)8-4/h4,23H,5-7,9-22H2,1-3H3/q+1. The van der Waals surface area contributed by atoms with Crippen molar-refractivity contribution >= 4 is 22.6 Å². The van der Waals surface area contributed by atoms with Gasteiger partial charge in [-0.3, -0.25) is 0 Å². The van der Waals surface area contributed by atoms with Gasteiger partial charge < -0.3 is 4.48 Å². The summed E-state index contributed by atoms with van der Waals surface area (Å²) in [6.07, 6.45) is 25.1. The molecule has 0 aliphatic heterocycles. The molecular formula is C23H45IN+. The van der Waals surface area contributed by atoms with E-state index >= 15 is 0 Å². The molecule has 0 bridgehead atoms. The molecule has 0 saturated carbocycles. The van der Waals surface area contributed by atoms with Crippen LogP contribution in [0.15, 0.2) is 0 Å². The maximum Gasteiger partial charge on any atom is 0.200 e. The van der Waals surface area contributed by atoms with E-state index in [4.69, 9.17) is 6.42 Å². The first-order valence-electron chi connectivity index (χ1n) is 11.1. The molecule has 1 nitrogen and oxygen atoms in total. The van der Waals surface area contributed by atoms with E-state index in [1.54, 1.807) is 0 Å². The molecule has 0 spiro atoms. The van der Waals surface area contributed by atoms with E-state index < -0.39 is 0 Å². The Morgan fingerprint density at radius 2 is 1.00 bits per heavy atom. The molecule has 0 aromatic carbocycles. The zero-order valence-corrected chi connectivity index (χ0v) is 19.7. The molecule has 2 heteroatoms. The van der Waals surface area contributed by atoms with Gasteiger partial charge in [-0.15, -0.1) is 6.42 Å². The van der Waals surface area contributed by atoms with Crippen LogP contribution in [0.2, 0.25) is 0 Å². The van der Waals surface area contributed by atoms with Crippen molar-refractivity contribution in [3.63, 3.8) is 0 Å². The van der Waals surface area contributed by atoms with Gasteiger partial charge in [0.1, 0.15) is 0 Å². The predicted molar refractivity (Wildman–Crippen MR) is 123 cm³/mol. The molecule has 25 heavy (non-hydrogen) atoms. The molecule has 0 aromatic rings. The molecule has 0 saturated heterocycles. The summed E-state index contributed by atoms with van der Waals surface area (Å²) in [4.78, 5) is 0. The summed E-state index contributed by atoms with van der Waals surface area (Å²) in [6, 6.07) is 0. The van der Waals surface area contributed by atoms with Crippen LogP contribution in [0.25, 0.3) is 0 Å². The molecule has 0 fully saturated rings. The molecule has 0 aromatic heterocycles. The van der Waals surface area contributed by atoms with Crippen molar-refractivity contribution in [1.82, 2.24) is 0 Å². The number of halogens is 1. The summed E-state index contributed by atoms with van der Waals surface area (Å²) in [5.41, 5.74) is 0. The van der Waals surface area contributed by atoms with Crippen LogP contribution in [-0.4, -0.2) is 28.2 Å². The lowest BCUT2D eigenvalue weighted by Crippen LogP contribution is -2.54. The number of unbranched alkanes of at least 4 members (excludes halogenated alkanes) is 11. The Morgan fingerprint density at radius 1 is 0.640 bits per heavy atom. The van der Waals surface area contributed by atoms with Gasteiger partial charge in [0.25, 0.3) is 0 Å². The Hall–Kier alpha value is 0.250. The van der Waals surface area contributed by atoms with Crippen molar-refractivity contribution in [3.8, 4) is 12.3 Å². The average Bonchev–Trinajstić information content (AvgIpc) is 2.64. The zero-order chi connectivity index (χ0) is 18.8. The summed E-state index contributed by atoms with van der Waals surface area (Å²) in [6.45, 7) is 10.7. The first-order chi connectivity index (χ1) is 12.2. The average molecular weight is 463 g/mol. The fourth-order valence-corrected chi connectivity index (χ4v) is 4.53. The second kappa shape index (κ2) is 17.7. The number of nitrogens with zero attached hydrogens (tertiary/aromatic N) is 1. The molecule has 1 unspecified atom stereocenters. The van der Waals surface area contributed by atoms with Crippen LogP contribution in [0.3, 0.4) is 0 Å². The highest BCUT2D eigenvalue weighted by atomic mass is 127. The third kappa shape index (κ3) is 12.3. The van der Waals surface area contributed by atoms with Gasteiger partial charge in [-0.2, -0.15) is 0 Å². The van der Waals surface area contributed by atoms with Crippen molar-refractivity contribution in [1.29, 1.82) is 0 Å². The van der Waals surface area contributed by atoms with Crippen LogP contribution < -0.4 is 0 Å². The zero-order valence-electron chi connectivity index (χ0n) is 17.5. The van der Waals surface area contributed by atoms with Crippen molar-refractivity contribution in [2.75, 3.05) is 19.6 Å². The Balaban J connectivity index is 4.13. The largest absolute Gasteiger partial charge is 0.303 e. The number of hydrogen-bond donors (Lipinski definition) is 0. The number of hydrogen-bond acceptors (Lipinski definition) is 0. The quantitative estimate of drug-likeness (QED) is 0.0489. The van der Waals surface area contributed by atoms with Crippen molar-refractivity contribution in [3.05, 3.63) is 0 Å². The minimum absolute atomic E-state index is 0.342. The lowest BCUT2D eigenvalue weighted by molar-refractivity contribution is -0.927. The molecule has 0 aliphatic carbocycles. The van der Waals surface area contributed by atoms with E-state index in [1.165, 1.54) is 110 Å². The normalized spacial score (nSPS) is 12.9. The highest BCUT2D eigenvalue weighted by Crippen LogP contribution is 2.24. The first kappa shape index (κ1) is 25.2. The Kier molecular flexibility index (Phi) is 17.8. The lowest BCUT2D eigenvalue weighted by atomic mass is 10.1. The van der Waals surface area contributed by atoms with Gasteiger partial charge in [0.2, 0.25) is 4.05 Å². The van der Waals surface area contributed by atoms with Crippen molar-refractivity contribution < 1.29 is 4.48 Å². The van der Waals surface area contributed by atoms with Gasteiger partial charge in [-0.1, -0.05) is 85.0 Å². The third-order valence-corrected chi connectivity index (χ3v) is 7.03. The molecule has 0 heterocycles. The van der Waals surface area contributed by atoms with Crippen LogP contribution in [0.5, 0.6) is 0 Å². The van der Waals surface area contributed by atoms with Crippen LogP contribution in [0, 0.1) is 12.3 Å².